The third-order valence-corrected chi connectivity index (χ3v) is 4.09. The molecule has 2 unspecified atom stereocenters. The molecule has 0 spiro atoms. The zero-order valence-corrected chi connectivity index (χ0v) is 11.5. The van der Waals surface area contributed by atoms with Crippen molar-refractivity contribution in [3.63, 3.8) is 0 Å². The summed E-state index contributed by atoms with van der Waals surface area (Å²) in [6, 6.07) is 1.65. The van der Waals surface area contributed by atoms with Gasteiger partial charge in [0.2, 0.25) is 0 Å². The van der Waals surface area contributed by atoms with Crippen molar-refractivity contribution in [2.75, 3.05) is 13.2 Å². The number of amides is 1. The van der Waals surface area contributed by atoms with Gasteiger partial charge in [-0.1, -0.05) is 12.1 Å². The van der Waals surface area contributed by atoms with Gasteiger partial charge in [0.05, 0.1) is 29.3 Å². The van der Waals surface area contributed by atoms with Crippen LogP contribution in [-0.4, -0.2) is 45.2 Å². The number of likely N-dealkylation sites (tertiary alicyclic amines) is 1. The Kier molecular flexibility index (Phi) is 3.17. The minimum atomic E-state index is -0.109. The Bertz CT molecular complexity index is 652. The molecule has 2 atom stereocenters. The molecule has 0 bridgehead atoms. The van der Waals surface area contributed by atoms with Crippen LogP contribution in [0.5, 0.6) is 0 Å². The van der Waals surface area contributed by atoms with E-state index in [9.17, 15) is 9.90 Å². The van der Waals surface area contributed by atoms with E-state index in [1.807, 2.05) is 6.92 Å². The van der Waals surface area contributed by atoms with Crippen LogP contribution in [0.25, 0.3) is 11.1 Å². The number of aliphatic hydroxyl groups excluding tert-OH is 1. The number of rotatable bonds is 2. The van der Waals surface area contributed by atoms with Crippen molar-refractivity contribution in [1.82, 2.24) is 15.0 Å². The average Bonchev–Trinajstić information content (AvgIpc) is 3.01. The molecule has 2 aromatic heterocycles. The van der Waals surface area contributed by atoms with Crippen molar-refractivity contribution < 1.29 is 14.4 Å². The first-order valence-electron chi connectivity index (χ1n) is 6.75. The molecule has 0 aromatic carbocycles. The molecular weight excluding hydrogens is 258 g/mol. The maximum Gasteiger partial charge on any atom is 0.257 e. The number of aromatic nitrogens is 2. The summed E-state index contributed by atoms with van der Waals surface area (Å²) in [5, 5.41) is 14.0. The third-order valence-electron chi connectivity index (χ3n) is 4.09. The van der Waals surface area contributed by atoms with Gasteiger partial charge in [-0.15, -0.1) is 0 Å². The molecule has 1 aliphatic heterocycles. The molecule has 3 heterocycles. The molecule has 1 fully saturated rings. The third kappa shape index (κ3) is 1.96. The van der Waals surface area contributed by atoms with Crippen LogP contribution >= 0.6 is 0 Å². The molecule has 0 saturated carbocycles. The van der Waals surface area contributed by atoms with Gasteiger partial charge in [0.25, 0.3) is 11.6 Å². The average molecular weight is 275 g/mol. The summed E-state index contributed by atoms with van der Waals surface area (Å²) >= 11 is 0. The second-order valence-corrected chi connectivity index (χ2v) is 5.36. The van der Waals surface area contributed by atoms with E-state index in [2.05, 4.69) is 17.1 Å². The van der Waals surface area contributed by atoms with E-state index in [4.69, 9.17) is 4.52 Å². The molecule has 2 aromatic rings. The normalized spacial score (nSPS) is 22.6. The van der Waals surface area contributed by atoms with Gasteiger partial charge in [0.1, 0.15) is 0 Å². The summed E-state index contributed by atoms with van der Waals surface area (Å²) in [4.78, 5) is 18.4. The summed E-state index contributed by atoms with van der Waals surface area (Å²) in [6.45, 7) is 4.54. The fourth-order valence-corrected chi connectivity index (χ4v) is 2.77. The zero-order chi connectivity index (χ0) is 14.3. The Morgan fingerprint density at radius 2 is 2.40 bits per heavy atom. The van der Waals surface area contributed by atoms with E-state index >= 15 is 0 Å². The van der Waals surface area contributed by atoms with Crippen LogP contribution in [0.1, 0.15) is 29.4 Å². The van der Waals surface area contributed by atoms with E-state index in [1.165, 1.54) is 6.20 Å². The monoisotopic (exact) mass is 275 g/mol. The van der Waals surface area contributed by atoms with Crippen molar-refractivity contribution >= 4 is 17.0 Å². The predicted octanol–water partition coefficient (Wildman–Crippen LogP) is 1.37. The SMILES string of the molecule is Cc1noc2ncc(C(=O)N3CCC(C)C3CO)cc12. The van der Waals surface area contributed by atoms with Crippen molar-refractivity contribution in [2.24, 2.45) is 5.92 Å². The Balaban J connectivity index is 1.94. The molecular formula is C14H17N3O3. The van der Waals surface area contributed by atoms with E-state index in [1.54, 1.807) is 11.0 Å². The fraction of sp³-hybridized carbons (Fsp3) is 0.500. The maximum absolute atomic E-state index is 12.6. The number of carbonyl (C=O) groups excluding carboxylic acids is 1. The van der Waals surface area contributed by atoms with Gasteiger partial charge in [-0.2, -0.15) is 0 Å². The van der Waals surface area contributed by atoms with Crippen molar-refractivity contribution in [2.45, 2.75) is 26.3 Å². The summed E-state index contributed by atoms with van der Waals surface area (Å²) in [5.74, 6) is 0.223. The molecule has 0 aliphatic carbocycles. The lowest BCUT2D eigenvalue weighted by atomic mass is 10.0. The number of hydrogen-bond donors (Lipinski definition) is 1. The number of pyridine rings is 1. The van der Waals surface area contributed by atoms with Crippen LogP contribution < -0.4 is 0 Å². The second kappa shape index (κ2) is 4.86. The van der Waals surface area contributed by atoms with Crippen LogP contribution in [0.2, 0.25) is 0 Å². The molecule has 3 rings (SSSR count). The number of aryl methyl sites for hydroxylation is 1. The smallest absolute Gasteiger partial charge is 0.257 e. The first kappa shape index (κ1) is 13.1. The Morgan fingerprint density at radius 3 is 3.15 bits per heavy atom. The molecule has 6 heteroatoms. The lowest BCUT2D eigenvalue weighted by molar-refractivity contribution is 0.0648. The molecule has 1 saturated heterocycles. The zero-order valence-electron chi connectivity index (χ0n) is 11.5. The molecule has 1 N–H and O–H groups in total. The van der Waals surface area contributed by atoms with Gasteiger partial charge < -0.3 is 14.5 Å². The van der Waals surface area contributed by atoms with Crippen LogP contribution in [0.15, 0.2) is 16.8 Å². The molecule has 1 amide bonds. The minimum Gasteiger partial charge on any atom is -0.394 e. The Morgan fingerprint density at radius 1 is 1.60 bits per heavy atom. The van der Waals surface area contributed by atoms with E-state index in [-0.39, 0.29) is 18.6 Å². The van der Waals surface area contributed by atoms with E-state index < -0.39 is 0 Å². The van der Waals surface area contributed by atoms with Gasteiger partial charge >= 0.3 is 0 Å². The number of hydrogen-bond acceptors (Lipinski definition) is 5. The van der Waals surface area contributed by atoms with Gasteiger partial charge in [-0.25, -0.2) is 4.98 Å². The lowest BCUT2D eigenvalue weighted by Crippen LogP contribution is -2.39. The highest BCUT2D eigenvalue weighted by Gasteiger charge is 2.34. The molecule has 6 nitrogen and oxygen atoms in total. The van der Waals surface area contributed by atoms with Crippen molar-refractivity contribution in [3.05, 3.63) is 23.5 Å². The van der Waals surface area contributed by atoms with Gasteiger partial charge in [0.15, 0.2) is 0 Å². The maximum atomic E-state index is 12.6. The number of nitrogens with zero attached hydrogens (tertiary/aromatic N) is 3. The summed E-state index contributed by atoms with van der Waals surface area (Å²) < 4.78 is 5.04. The minimum absolute atomic E-state index is 0.00509. The van der Waals surface area contributed by atoms with E-state index in [0.717, 1.165) is 17.5 Å². The standard InChI is InChI=1S/C14H17N3O3/c1-8-3-4-17(12(8)7-18)14(19)10-5-11-9(2)16-20-13(11)15-6-10/h5-6,8,12,18H,3-4,7H2,1-2H3. The van der Waals surface area contributed by atoms with Gasteiger partial charge in [0, 0.05) is 12.7 Å². The van der Waals surface area contributed by atoms with E-state index in [0.29, 0.717) is 23.7 Å². The van der Waals surface area contributed by atoms with Gasteiger partial charge in [-0.3, -0.25) is 4.79 Å². The highest BCUT2D eigenvalue weighted by molar-refractivity contribution is 5.97. The summed E-state index contributed by atoms with van der Waals surface area (Å²) in [5.41, 5.74) is 1.67. The molecule has 1 aliphatic rings. The quantitative estimate of drug-likeness (QED) is 0.895. The Hall–Kier alpha value is -1.95. The van der Waals surface area contributed by atoms with Crippen LogP contribution in [0.3, 0.4) is 0 Å². The fourth-order valence-electron chi connectivity index (χ4n) is 2.77. The number of fused-ring (bicyclic) bond motifs is 1. The Labute approximate surface area is 116 Å². The topological polar surface area (TPSA) is 79.5 Å². The van der Waals surface area contributed by atoms with Crippen LogP contribution in [-0.2, 0) is 0 Å². The van der Waals surface area contributed by atoms with Gasteiger partial charge in [-0.05, 0) is 25.3 Å². The second-order valence-electron chi connectivity index (χ2n) is 5.36. The highest BCUT2D eigenvalue weighted by atomic mass is 16.5. The highest BCUT2D eigenvalue weighted by Crippen LogP contribution is 2.26. The van der Waals surface area contributed by atoms with Crippen molar-refractivity contribution in [1.29, 1.82) is 0 Å². The van der Waals surface area contributed by atoms with Crippen LogP contribution in [0.4, 0.5) is 0 Å². The summed E-state index contributed by atoms with van der Waals surface area (Å²) in [6.07, 6.45) is 2.42. The molecule has 0 radical (unpaired) electrons. The number of carbonyl (C=O) groups is 1. The summed E-state index contributed by atoms with van der Waals surface area (Å²) in [7, 11) is 0. The lowest BCUT2D eigenvalue weighted by Gasteiger charge is -2.25. The molecule has 106 valence electrons. The van der Waals surface area contributed by atoms with Crippen molar-refractivity contribution in [3.8, 4) is 0 Å². The predicted molar refractivity (Wildman–Crippen MR) is 72.2 cm³/mol. The largest absolute Gasteiger partial charge is 0.394 e. The first-order chi connectivity index (χ1) is 9.61. The number of aliphatic hydroxyl groups is 1. The molecule has 20 heavy (non-hydrogen) atoms. The van der Waals surface area contributed by atoms with Crippen LogP contribution in [0, 0.1) is 12.8 Å². The first-order valence-corrected chi connectivity index (χ1v) is 6.75.